The van der Waals surface area contributed by atoms with Crippen LogP contribution in [0.25, 0.3) is 0 Å². The molecule has 5 heteroatoms. The van der Waals surface area contributed by atoms with E-state index >= 15 is 0 Å². The first-order valence-electron chi connectivity index (χ1n) is 9.06. The van der Waals surface area contributed by atoms with Crippen LogP contribution in [0.3, 0.4) is 0 Å². The fourth-order valence-electron chi connectivity index (χ4n) is 3.21. The number of pyridine rings is 1. The SMILES string of the molecule is O=C(c1cc(NC2CC2)ccn1)N1CCN(Cc2ccccc2)CC1. The summed E-state index contributed by atoms with van der Waals surface area (Å²) in [6, 6.07) is 14.9. The smallest absolute Gasteiger partial charge is 0.272 e. The number of carbonyl (C=O) groups is 1. The van der Waals surface area contributed by atoms with E-state index in [9.17, 15) is 4.79 Å². The van der Waals surface area contributed by atoms with Crippen molar-refractivity contribution >= 4 is 11.6 Å². The molecule has 25 heavy (non-hydrogen) atoms. The van der Waals surface area contributed by atoms with Gasteiger partial charge in [0.05, 0.1) is 0 Å². The topological polar surface area (TPSA) is 48.5 Å². The summed E-state index contributed by atoms with van der Waals surface area (Å²) in [5, 5.41) is 3.43. The van der Waals surface area contributed by atoms with Crippen LogP contribution in [-0.4, -0.2) is 52.9 Å². The standard InChI is InChI=1S/C20H24N4O/c25-20(19-14-18(8-9-21-19)22-17-6-7-17)24-12-10-23(11-13-24)15-16-4-2-1-3-5-16/h1-5,8-9,14,17H,6-7,10-13,15H2,(H,21,22). The first-order valence-corrected chi connectivity index (χ1v) is 9.06. The van der Waals surface area contributed by atoms with Crippen LogP contribution in [0.15, 0.2) is 48.7 Å². The number of nitrogens with zero attached hydrogens (tertiary/aromatic N) is 3. The lowest BCUT2D eigenvalue weighted by atomic mass is 10.2. The van der Waals surface area contributed by atoms with Gasteiger partial charge < -0.3 is 10.2 Å². The van der Waals surface area contributed by atoms with Crippen LogP contribution in [0.2, 0.25) is 0 Å². The average molecular weight is 336 g/mol. The molecule has 130 valence electrons. The maximum atomic E-state index is 12.7. The molecule has 0 spiro atoms. The van der Waals surface area contributed by atoms with Crippen LogP contribution in [-0.2, 0) is 6.54 Å². The summed E-state index contributed by atoms with van der Waals surface area (Å²) >= 11 is 0. The van der Waals surface area contributed by atoms with Crippen LogP contribution in [0.1, 0.15) is 28.9 Å². The summed E-state index contributed by atoms with van der Waals surface area (Å²) in [7, 11) is 0. The second kappa shape index (κ2) is 7.23. The number of hydrogen-bond acceptors (Lipinski definition) is 4. The highest BCUT2D eigenvalue weighted by atomic mass is 16.2. The quantitative estimate of drug-likeness (QED) is 0.912. The van der Waals surface area contributed by atoms with Crippen LogP contribution in [0, 0.1) is 0 Å². The third kappa shape index (κ3) is 4.17. The van der Waals surface area contributed by atoms with Gasteiger partial charge in [-0.25, -0.2) is 0 Å². The van der Waals surface area contributed by atoms with Crippen molar-refractivity contribution in [1.29, 1.82) is 0 Å². The molecule has 1 aromatic heterocycles. The molecular weight excluding hydrogens is 312 g/mol. The van der Waals surface area contributed by atoms with Gasteiger partial charge in [0.1, 0.15) is 5.69 Å². The van der Waals surface area contributed by atoms with Crippen LogP contribution in [0.5, 0.6) is 0 Å². The van der Waals surface area contributed by atoms with Gasteiger partial charge >= 0.3 is 0 Å². The third-order valence-corrected chi connectivity index (χ3v) is 4.84. The molecule has 4 rings (SSSR count). The molecule has 0 atom stereocenters. The molecule has 1 saturated heterocycles. The lowest BCUT2D eigenvalue weighted by molar-refractivity contribution is 0.0623. The third-order valence-electron chi connectivity index (χ3n) is 4.84. The molecule has 1 amide bonds. The summed E-state index contributed by atoms with van der Waals surface area (Å²) in [5.74, 6) is 0.0406. The van der Waals surface area contributed by atoms with Crippen molar-refractivity contribution < 1.29 is 4.79 Å². The Kier molecular flexibility index (Phi) is 4.65. The number of nitrogens with one attached hydrogen (secondary N) is 1. The van der Waals surface area contributed by atoms with Gasteiger partial charge in [0.2, 0.25) is 0 Å². The molecule has 0 bridgehead atoms. The van der Waals surface area contributed by atoms with Gasteiger partial charge in [-0.2, -0.15) is 0 Å². The normalized spacial score (nSPS) is 18.2. The Morgan fingerprint density at radius 3 is 2.56 bits per heavy atom. The van der Waals surface area contributed by atoms with Crippen molar-refractivity contribution in [1.82, 2.24) is 14.8 Å². The fourth-order valence-corrected chi connectivity index (χ4v) is 3.21. The minimum atomic E-state index is 0.0406. The number of benzene rings is 1. The van der Waals surface area contributed by atoms with Gasteiger partial charge in [0.25, 0.3) is 5.91 Å². The molecule has 1 saturated carbocycles. The van der Waals surface area contributed by atoms with Crippen molar-refractivity contribution in [2.75, 3.05) is 31.5 Å². The number of carbonyl (C=O) groups excluding carboxylic acids is 1. The van der Waals surface area contributed by atoms with Crippen molar-refractivity contribution in [2.45, 2.75) is 25.4 Å². The largest absolute Gasteiger partial charge is 0.382 e. The number of hydrogen-bond donors (Lipinski definition) is 1. The summed E-state index contributed by atoms with van der Waals surface area (Å²) in [6.45, 7) is 4.27. The predicted octanol–water partition coefficient (Wildman–Crippen LogP) is 2.61. The van der Waals surface area contributed by atoms with E-state index in [1.807, 2.05) is 23.1 Å². The lowest BCUT2D eigenvalue weighted by Gasteiger charge is -2.34. The van der Waals surface area contributed by atoms with Crippen LogP contribution >= 0.6 is 0 Å². The molecule has 1 aliphatic heterocycles. The Balaban J connectivity index is 1.33. The van der Waals surface area contributed by atoms with Crippen molar-refractivity contribution in [3.8, 4) is 0 Å². The van der Waals surface area contributed by atoms with E-state index in [2.05, 4.69) is 39.5 Å². The number of anilines is 1. The van der Waals surface area contributed by atoms with Gasteiger partial charge in [-0.15, -0.1) is 0 Å². The number of aromatic nitrogens is 1. The van der Waals surface area contributed by atoms with Crippen LogP contribution < -0.4 is 5.32 Å². The molecule has 2 fully saturated rings. The highest BCUT2D eigenvalue weighted by molar-refractivity contribution is 5.93. The Hall–Kier alpha value is -2.40. The molecule has 1 aromatic carbocycles. The highest BCUT2D eigenvalue weighted by Gasteiger charge is 2.24. The molecule has 1 N–H and O–H groups in total. The summed E-state index contributed by atoms with van der Waals surface area (Å²) in [4.78, 5) is 21.3. The zero-order chi connectivity index (χ0) is 17.1. The monoisotopic (exact) mass is 336 g/mol. The number of amides is 1. The van der Waals surface area contributed by atoms with E-state index in [1.165, 1.54) is 18.4 Å². The molecular formula is C20H24N4O. The van der Waals surface area contributed by atoms with Gasteiger partial charge in [-0.3, -0.25) is 14.7 Å². The average Bonchev–Trinajstić information content (AvgIpc) is 3.47. The Bertz CT molecular complexity index is 721. The maximum Gasteiger partial charge on any atom is 0.272 e. The molecule has 0 unspecified atom stereocenters. The van der Waals surface area contributed by atoms with Crippen molar-refractivity contribution in [2.24, 2.45) is 0 Å². The van der Waals surface area contributed by atoms with E-state index in [0.717, 1.165) is 38.4 Å². The molecule has 2 aromatic rings. The molecule has 2 aliphatic rings. The summed E-state index contributed by atoms with van der Waals surface area (Å²) < 4.78 is 0. The number of rotatable bonds is 5. The van der Waals surface area contributed by atoms with E-state index in [4.69, 9.17) is 0 Å². The highest BCUT2D eigenvalue weighted by Crippen LogP contribution is 2.24. The molecule has 2 heterocycles. The Morgan fingerprint density at radius 2 is 1.84 bits per heavy atom. The van der Waals surface area contributed by atoms with Crippen LogP contribution in [0.4, 0.5) is 5.69 Å². The summed E-state index contributed by atoms with van der Waals surface area (Å²) in [5.41, 5.74) is 2.87. The first-order chi connectivity index (χ1) is 12.3. The first kappa shape index (κ1) is 16.1. The van der Waals surface area contributed by atoms with Gasteiger partial charge in [-0.1, -0.05) is 30.3 Å². The van der Waals surface area contributed by atoms with Gasteiger partial charge in [-0.05, 0) is 30.5 Å². The minimum Gasteiger partial charge on any atom is -0.382 e. The summed E-state index contributed by atoms with van der Waals surface area (Å²) in [6.07, 6.45) is 4.16. The lowest BCUT2D eigenvalue weighted by Crippen LogP contribution is -2.48. The van der Waals surface area contributed by atoms with E-state index < -0.39 is 0 Å². The fraction of sp³-hybridized carbons (Fsp3) is 0.400. The second-order valence-electron chi connectivity index (χ2n) is 6.90. The maximum absolute atomic E-state index is 12.7. The Morgan fingerprint density at radius 1 is 1.08 bits per heavy atom. The van der Waals surface area contributed by atoms with E-state index in [0.29, 0.717) is 11.7 Å². The molecule has 0 radical (unpaired) electrons. The predicted molar refractivity (Wildman–Crippen MR) is 98.5 cm³/mol. The van der Waals surface area contributed by atoms with Crippen molar-refractivity contribution in [3.05, 3.63) is 59.9 Å². The molecule has 1 aliphatic carbocycles. The van der Waals surface area contributed by atoms with E-state index in [1.54, 1.807) is 6.20 Å². The molecule has 5 nitrogen and oxygen atoms in total. The van der Waals surface area contributed by atoms with E-state index in [-0.39, 0.29) is 5.91 Å². The van der Waals surface area contributed by atoms with Gasteiger partial charge in [0, 0.05) is 50.6 Å². The zero-order valence-electron chi connectivity index (χ0n) is 14.4. The zero-order valence-corrected chi connectivity index (χ0v) is 14.4. The van der Waals surface area contributed by atoms with Crippen molar-refractivity contribution in [3.63, 3.8) is 0 Å². The number of piperazine rings is 1. The second-order valence-corrected chi connectivity index (χ2v) is 6.90. The Labute approximate surface area is 148 Å². The van der Waals surface area contributed by atoms with Gasteiger partial charge in [0.15, 0.2) is 0 Å². The minimum absolute atomic E-state index is 0.0406.